The van der Waals surface area contributed by atoms with Gasteiger partial charge in [-0.15, -0.1) is 10.2 Å². The van der Waals surface area contributed by atoms with Gasteiger partial charge in [0.15, 0.2) is 0 Å². The van der Waals surface area contributed by atoms with E-state index in [2.05, 4.69) is 10.2 Å². The maximum Gasteiger partial charge on any atom is 0.247 e. The Morgan fingerprint density at radius 3 is 2.47 bits per heavy atom. The molecule has 4 rings (SSSR count). The van der Waals surface area contributed by atoms with Crippen LogP contribution in [0.1, 0.15) is 17.9 Å². The topological polar surface area (TPSA) is 96.6 Å². The third-order valence-electron chi connectivity index (χ3n) is 5.34. The first-order valence-electron chi connectivity index (χ1n) is 10.3. The van der Waals surface area contributed by atoms with Gasteiger partial charge in [0.05, 0.1) is 4.90 Å². The fourth-order valence-corrected chi connectivity index (χ4v) is 4.95. The van der Waals surface area contributed by atoms with Gasteiger partial charge in [-0.1, -0.05) is 23.8 Å². The molecule has 1 aliphatic rings. The Labute approximate surface area is 185 Å². The fourth-order valence-electron chi connectivity index (χ4n) is 3.49. The van der Waals surface area contributed by atoms with E-state index in [4.69, 9.17) is 4.42 Å². The van der Waals surface area contributed by atoms with Crippen LogP contribution in [0.3, 0.4) is 0 Å². The number of nitrogens with zero attached hydrogens (tertiary/aromatic N) is 4. The number of carbonyl (C=O) groups excluding carboxylic acids is 1. The number of aromatic nitrogens is 2. The average Bonchev–Trinajstić information content (AvgIpc) is 3.27. The first-order chi connectivity index (χ1) is 15.3. The Morgan fingerprint density at radius 2 is 1.78 bits per heavy atom. The van der Waals surface area contributed by atoms with Crippen molar-refractivity contribution in [2.45, 2.75) is 24.7 Å². The minimum Gasteiger partial charge on any atom is -0.421 e. The van der Waals surface area contributed by atoms with E-state index in [0.29, 0.717) is 18.2 Å². The smallest absolute Gasteiger partial charge is 0.247 e. The van der Waals surface area contributed by atoms with Crippen LogP contribution in [0, 0.1) is 12.7 Å². The van der Waals surface area contributed by atoms with Gasteiger partial charge in [-0.3, -0.25) is 4.79 Å². The van der Waals surface area contributed by atoms with Gasteiger partial charge in [0, 0.05) is 44.6 Å². The van der Waals surface area contributed by atoms with E-state index in [0.717, 1.165) is 17.2 Å². The minimum absolute atomic E-state index is 0.0851. The summed E-state index contributed by atoms with van der Waals surface area (Å²) in [7, 11) is -3.79. The lowest BCUT2D eigenvalue weighted by molar-refractivity contribution is -0.132. The first-order valence-corrected chi connectivity index (χ1v) is 11.7. The molecule has 0 atom stereocenters. The van der Waals surface area contributed by atoms with Crippen LogP contribution in [0.25, 0.3) is 11.5 Å². The highest BCUT2D eigenvalue weighted by molar-refractivity contribution is 7.89. The summed E-state index contributed by atoms with van der Waals surface area (Å²) in [5, 5.41) is 8.05. The SMILES string of the molecule is Cc1ccc(-c2nnc(CCC(=O)N3CCN(S(=O)(=O)c4cccc(F)c4)CC3)o2)cc1. The maximum absolute atomic E-state index is 13.4. The van der Waals surface area contributed by atoms with Crippen LogP contribution in [0.2, 0.25) is 0 Å². The number of hydrogen-bond acceptors (Lipinski definition) is 6. The number of piperazine rings is 1. The lowest BCUT2D eigenvalue weighted by Gasteiger charge is -2.34. The van der Waals surface area contributed by atoms with Gasteiger partial charge < -0.3 is 9.32 Å². The van der Waals surface area contributed by atoms with Gasteiger partial charge in [-0.05, 0) is 37.3 Å². The standard InChI is InChI=1S/C22H23FN4O4S/c1-16-5-7-17(8-6-16)22-25-24-20(31-22)9-10-21(28)26-11-13-27(14-12-26)32(29,30)19-4-2-3-18(23)15-19/h2-8,15H,9-14H2,1H3. The van der Waals surface area contributed by atoms with Crippen LogP contribution in [-0.2, 0) is 21.2 Å². The van der Waals surface area contributed by atoms with Crippen molar-refractivity contribution < 1.29 is 22.0 Å². The van der Waals surface area contributed by atoms with Crippen LogP contribution in [0.4, 0.5) is 4.39 Å². The van der Waals surface area contributed by atoms with Crippen LogP contribution < -0.4 is 0 Å². The molecule has 0 N–H and O–H groups in total. The molecule has 0 radical (unpaired) electrons. The number of amides is 1. The Balaban J connectivity index is 1.30. The molecule has 0 bridgehead atoms. The van der Waals surface area contributed by atoms with E-state index in [-0.39, 0.29) is 43.4 Å². The molecule has 0 aliphatic carbocycles. The Kier molecular flexibility index (Phi) is 6.33. The zero-order chi connectivity index (χ0) is 22.7. The highest BCUT2D eigenvalue weighted by atomic mass is 32.2. The zero-order valence-corrected chi connectivity index (χ0v) is 18.4. The van der Waals surface area contributed by atoms with Crippen molar-refractivity contribution in [2.75, 3.05) is 26.2 Å². The van der Waals surface area contributed by atoms with Crippen molar-refractivity contribution >= 4 is 15.9 Å². The van der Waals surface area contributed by atoms with Crippen molar-refractivity contribution in [2.24, 2.45) is 0 Å². The summed E-state index contributed by atoms with van der Waals surface area (Å²) >= 11 is 0. The highest BCUT2D eigenvalue weighted by Crippen LogP contribution is 2.20. The molecule has 0 saturated carbocycles. The normalized spacial score (nSPS) is 15.1. The molecule has 1 amide bonds. The molecule has 0 spiro atoms. The first kappa shape index (κ1) is 22.1. The van der Waals surface area contributed by atoms with E-state index in [1.165, 1.54) is 22.5 Å². The predicted octanol–water partition coefficient (Wildman–Crippen LogP) is 2.65. The van der Waals surface area contributed by atoms with Crippen molar-refractivity contribution in [3.8, 4) is 11.5 Å². The molecule has 3 aromatic rings. The maximum atomic E-state index is 13.4. The molecule has 168 valence electrons. The average molecular weight is 459 g/mol. The van der Waals surface area contributed by atoms with Gasteiger partial charge in [0.25, 0.3) is 0 Å². The zero-order valence-electron chi connectivity index (χ0n) is 17.6. The lowest BCUT2D eigenvalue weighted by atomic mass is 10.1. The molecule has 8 nitrogen and oxygen atoms in total. The summed E-state index contributed by atoms with van der Waals surface area (Å²) < 4.78 is 45.7. The van der Waals surface area contributed by atoms with Crippen molar-refractivity contribution in [3.63, 3.8) is 0 Å². The summed E-state index contributed by atoms with van der Waals surface area (Å²) in [6.07, 6.45) is 0.492. The minimum atomic E-state index is -3.79. The molecule has 1 aliphatic heterocycles. The predicted molar refractivity (Wildman–Crippen MR) is 115 cm³/mol. The van der Waals surface area contributed by atoms with Crippen molar-refractivity contribution in [3.05, 3.63) is 65.8 Å². The molecule has 1 saturated heterocycles. The quantitative estimate of drug-likeness (QED) is 0.563. The van der Waals surface area contributed by atoms with Gasteiger partial charge >= 0.3 is 0 Å². The molecule has 2 aromatic carbocycles. The largest absolute Gasteiger partial charge is 0.421 e. The summed E-state index contributed by atoms with van der Waals surface area (Å²) in [5.41, 5.74) is 1.94. The molecule has 1 fully saturated rings. The Hall–Kier alpha value is -3.11. The van der Waals surface area contributed by atoms with E-state index in [1.807, 2.05) is 31.2 Å². The van der Waals surface area contributed by atoms with Crippen LogP contribution >= 0.6 is 0 Å². The van der Waals surface area contributed by atoms with E-state index in [9.17, 15) is 17.6 Å². The molecule has 0 unspecified atom stereocenters. The number of carbonyl (C=O) groups is 1. The van der Waals surface area contributed by atoms with Crippen LogP contribution in [-0.4, -0.2) is 59.9 Å². The molecule has 10 heteroatoms. The third-order valence-corrected chi connectivity index (χ3v) is 7.24. The van der Waals surface area contributed by atoms with E-state index >= 15 is 0 Å². The van der Waals surface area contributed by atoms with Gasteiger partial charge in [0.1, 0.15) is 5.82 Å². The summed E-state index contributed by atoms with van der Waals surface area (Å²) in [5.74, 6) is 0.0687. The second-order valence-electron chi connectivity index (χ2n) is 7.61. The molecular weight excluding hydrogens is 435 g/mol. The monoisotopic (exact) mass is 458 g/mol. The summed E-state index contributed by atoms with van der Waals surface area (Å²) in [6.45, 7) is 2.84. The fraction of sp³-hybridized carbons (Fsp3) is 0.318. The lowest BCUT2D eigenvalue weighted by Crippen LogP contribution is -2.50. The summed E-state index contributed by atoms with van der Waals surface area (Å²) in [6, 6.07) is 12.6. The Bertz CT molecular complexity index is 1200. The second kappa shape index (κ2) is 9.17. The number of benzene rings is 2. The van der Waals surface area contributed by atoms with Crippen molar-refractivity contribution in [1.29, 1.82) is 0 Å². The highest BCUT2D eigenvalue weighted by Gasteiger charge is 2.30. The summed E-state index contributed by atoms with van der Waals surface area (Å²) in [4.78, 5) is 14.1. The van der Waals surface area contributed by atoms with Crippen molar-refractivity contribution in [1.82, 2.24) is 19.4 Å². The van der Waals surface area contributed by atoms with Gasteiger partial charge in [-0.2, -0.15) is 4.31 Å². The Morgan fingerprint density at radius 1 is 1.06 bits per heavy atom. The molecule has 2 heterocycles. The molecule has 32 heavy (non-hydrogen) atoms. The number of rotatable bonds is 6. The van der Waals surface area contributed by atoms with Gasteiger partial charge in [-0.25, -0.2) is 12.8 Å². The van der Waals surface area contributed by atoms with Gasteiger partial charge in [0.2, 0.25) is 27.7 Å². The third kappa shape index (κ3) is 4.86. The second-order valence-corrected chi connectivity index (χ2v) is 9.55. The molecular formula is C22H23FN4O4S. The number of hydrogen-bond donors (Lipinski definition) is 0. The van der Waals surface area contributed by atoms with E-state index in [1.54, 1.807) is 4.90 Å². The van der Waals surface area contributed by atoms with E-state index < -0.39 is 15.8 Å². The number of halogens is 1. The molecule has 1 aromatic heterocycles. The number of sulfonamides is 1. The number of aryl methyl sites for hydroxylation is 2. The van der Waals surface area contributed by atoms with Crippen LogP contribution in [0.15, 0.2) is 57.8 Å². The van der Waals surface area contributed by atoms with Crippen LogP contribution in [0.5, 0.6) is 0 Å².